The molecule has 3 rings (SSSR count). The zero-order chi connectivity index (χ0) is 14.1. The maximum Gasteiger partial charge on any atom is 0.155 e. The number of rotatable bonds is 3. The molecule has 0 aliphatic carbocycles. The number of aldehydes is 1. The Morgan fingerprint density at radius 2 is 2.05 bits per heavy atom. The number of aromatic nitrogens is 2. The van der Waals surface area contributed by atoms with Crippen molar-refractivity contribution in [1.82, 2.24) is 9.78 Å². The van der Waals surface area contributed by atoms with Gasteiger partial charge in [0.1, 0.15) is 5.82 Å². The third-order valence-electron chi connectivity index (χ3n) is 4.11. The van der Waals surface area contributed by atoms with Crippen molar-refractivity contribution in [3.05, 3.63) is 47.2 Å². The summed E-state index contributed by atoms with van der Waals surface area (Å²) in [6.45, 7) is 3.81. The first-order valence-electron chi connectivity index (χ1n) is 6.99. The van der Waals surface area contributed by atoms with Gasteiger partial charge < -0.3 is 4.90 Å². The molecule has 1 atom stereocenters. The Hall–Kier alpha value is -2.10. The normalized spacial score (nSPS) is 18.5. The molecule has 2 heterocycles. The largest absolute Gasteiger partial charge is 0.356 e. The molecule has 2 aromatic rings. The standard InChI is InChI=1S/C16H19N3O/c1-12-15(11-20)16(18(2)17-12)19-9-8-14(10-19)13-6-4-3-5-7-13/h3-7,11,14H,8-10H2,1-2H3. The van der Waals surface area contributed by atoms with Crippen LogP contribution in [0.2, 0.25) is 0 Å². The number of anilines is 1. The minimum absolute atomic E-state index is 0.533. The molecule has 0 bridgehead atoms. The van der Waals surface area contributed by atoms with Crippen LogP contribution in [0.25, 0.3) is 0 Å². The molecule has 4 nitrogen and oxygen atoms in total. The van der Waals surface area contributed by atoms with E-state index >= 15 is 0 Å². The maximum absolute atomic E-state index is 11.3. The summed E-state index contributed by atoms with van der Waals surface area (Å²) < 4.78 is 1.83. The molecule has 104 valence electrons. The fourth-order valence-corrected chi connectivity index (χ4v) is 3.13. The van der Waals surface area contributed by atoms with E-state index in [0.29, 0.717) is 5.92 Å². The van der Waals surface area contributed by atoms with Gasteiger partial charge in [-0.1, -0.05) is 30.3 Å². The third kappa shape index (κ3) is 2.11. The summed E-state index contributed by atoms with van der Waals surface area (Å²) in [7, 11) is 1.91. The van der Waals surface area contributed by atoms with Crippen LogP contribution in [0.4, 0.5) is 5.82 Å². The van der Waals surface area contributed by atoms with Gasteiger partial charge in [-0.3, -0.25) is 9.48 Å². The van der Waals surface area contributed by atoms with Gasteiger partial charge in [0.05, 0.1) is 11.3 Å². The van der Waals surface area contributed by atoms with Gasteiger partial charge in [-0.15, -0.1) is 0 Å². The van der Waals surface area contributed by atoms with E-state index in [-0.39, 0.29) is 0 Å². The van der Waals surface area contributed by atoms with Gasteiger partial charge in [0, 0.05) is 26.1 Å². The van der Waals surface area contributed by atoms with Gasteiger partial charge in [-0.25, -0.2) is 0 Å². The maximum atomic E-state index is 11.3. The second-order valence-corrected chi connectivity index (χ2v) is 5.41. The topological polar surface area (TPSA) is 38.1 Å². The van der Waals surface area contributed by atoms with Crippen LogP contribution in [0, 0.1) is 6.92 Å². The first kappa shape index (κ1) is 12.9. The summed E-state index contributed by atoms with van der Waals surface area (Å²) in [4.78, 5) is 13.6. The van der Waals surface area contributed by atoms with Crippen molar-refractivity contribution < 1.29 is 4.79 Å². The number of hydrogen-bond donors (Lipinski definition) is 0. The number of nitrogens with zero attached hydrogens (tertiary/aromatic N) is 3. The number of benzene rings is 1. The molecular formula is C16H19N3O. The second kappa shape index (κ2) is 5.12. The van der Waals surface area contributed by atoms with E-state index in [1.807, 2.05) is 24.7 Å². The lowest BCUT2D eigenvalue weighted by molar-refractivity contribution is 0.112. The summed E-state index contributed by atoms with van der Waals surface area (Å²) in [5.74, 6) is 1.49. The van der Waals surface area contributed by atoms with Crippen LogP contribution >= 0.6 is 0 Å². The third-order valence-corrected chi connectivity index (χ3v) is 4.11. The van der Waals surface area contributed by atoms with E-state index in [2.05, 4.69) is 34.3 Å². The lowest BCUT2D eigenvalue weighted by Crippen LogP contribution is -2.23. The van der Waals surface area contributed by atoms with Gasteiger partial charge in [-0.05, 0) is 18.9 Å². The van der Waals surface area contributed by atoms with Crippen LogP contribution in [-0.2, 0) is 7.05 Å². The quantitative estimate of drug-likeness (QED) is 0.804. The summed E-state index contributed by atoms with van der Waals surface area (Å²) in [5, 5.41) is 4.37. The van der Waals surface area contributed by atoms with Gasteiger partial charge in [-0.2, -0.15) is 5.10 Å². The summed E-state index contributed by atoms with van der Waals surface area (Å²) in [6, 6.07) is 10.6. The van der Waals surface area contributed by atoms with Crippen molar-refractivity contribution in [1.29, 1.82) is 0 Å². The van der Waals surface area contributed by atoms with E-state index in [4.69, 9.17) is 0 Å². The molecule has 1 aromatic heterocycles. The molecule has 1 fully saturated rings. The van der Waals surface area contributed by atoms with Crippen molar-refractivity contribution in [2.24, 2.45) is 7.05 Å². The Labute approximate surface area is 119 Å². The van der Waals surface area contributed by atoms with E-state index in [1.165, 1.54) is 5.56 Å². The molecule has 0 spiro atoms. The Balaban J connectivity index is 1.86. The molecule has 20 heavy (non-hydrogen) atoms. The molecule has 1 saturated heterocycles. The molecule has 1 aromatic carbocycles. The average molecular weight is 269 g/mol. The van der Waals surface area contributed by atoms with Crippen LogP contribution in [0.15, 0.2) is 30.3 Å². The lowest BCUT2D eigenvalue weighted by atomic mass is 9.99. The number of hydrogen-bond acceptors (Lipinski definition) is 3. The van der Waals surface area contributed by atoms with Gasteiger partial charge in [0.15, 0.2) is 6.29 Å². The van der Waals surface area contributed by atoms with Gasteiger partial charge >= 0.3 is 0 Å². The SMILES string of the molecule is Cc1nn(C)c(N2CCC(c3ccccc3)C2)c1C=O. The molecule has 0 saturated carbocycles. The molecule has 0 amide bonds. The van der Waals surface area contributed by atoms with E-state index in [9.17, 15) is 4.79 Å². The fourth-order valence-electron chi connectivity index (χ4n) is 3.13. The van der Waals surface area contributed by atoms with Crippen molar-refractivity contribution in [2.45, 2.75) is 19.3 Å². The van der Waals surface area contributed by atoms with Crippen LogP contribution in [0.3, 0.4) is 0 Å². The summed E-state index contributed by atoms with van der Waals surface area (Å²) >= 11 is 0. The van der Waals surface area contributed by atoms with Gasteiger partial charge in [0.25, 0.3) is 0 Å². The highest BCUT2D eigenvalue weighted by molar-refractivity contribution is 5.85. The highest BCUT2D eigenvalue weighted by atomic mass is 16.1. The van der Waals surface area contributed by atoms with E-state index in [0.717, 1.165) is 42.9 Å². The highest BCUT2D eigenvalue weighted by Gasteiger charge is 2.28. The lowest BCUT2D eigenvalue weighted by Gasteiger charge is -2.19. The molecule has 0 radical (unpaired) electrons. The first-order valence-corrected chi connectivity index (χ1v) is 6.99. The predicted octanol–water partition coefficient (Wildman–Crippen LogP) is 2.53. The fraction of sp³-hybridized carbons (Fsp3) is 0.375. The Morgan fingerprint density at radius 3 is 2.75 bits per heavy atom. The van der Waals surface area contributed by atoms with Crippen LogP contribution in [-0.4, -0.2) is 29.2 Å². The number of carbonyl (C=O) groups is 1. The molecule has 1 aliphatic heterocycles. The minimum atomic E-state index is 0.533. The zero-order valence-electron chi connectivity index (χ0n) is 11.9. The molecule has 4 heteroatoms. The number of aryl methyl sites for hydroxylation is 2. The molecular weight excluding hydrogens is 250 g/mol. The monoisotopic (exact) mass is 269 g/mol. The minimum Gasteiger partial charge on any atom is -0.356 e. The Bertz CT molecular complexity index is 618. The van der Waals surface area contributed by atoms with Crippen molar-refractivity contribution in [3.8, 4) is 0 Å². The van der Waals surface area contributed by atoms with Crippen molar-refractivity contribution >= 4 is 12.1 Å². The first-order chi connectivity index (χ1) is 9.70. The average Bonchev–Trinajstić information content (AvgIpc) is 3.03. The second-order valence-electron chi connectivity index (χ2n) is 5.41. The molecule has 1 aliphatic rings. The summed E-state index contributed by atoms with van der Waals surface area (Å²) in [5.41, 5.74) is 2.91. The predicted molar refractivity (Wildman–Crippen MR) is 79.3 cm³/mol. The van der Waals surface area contributed by atoms with Crippen molar-refractivity contribution in [3.63, 3.8) is 0 Å². The smallest absolute Gasteiger partial charge is 0.155 e. The molecule has 0 N–H and O–H groups in total. The van der Waals surface area contributed by atoms with Crippen LogP contribution in [0.1, 0.15) is 34.0 Å². The zero-order valence-corrected chi connectivity index (χ0v) is 11.9. The highest BCUT2D eigenvalue weighted by Crippen LogP contribution is 2.32. The molecule has 1 unspecified atom stereocenters. The summed E-state index contributed by atoms with van der Waals surface area (Å²) in [6.07, 6.45) is 2.04. The van der Waals surface area contributed by atoms with E-state index < -0.39 is 0 Å². The Kier molecular flexibility index (Phi) is 3.30. The number of carbonyl (C=O) groups excluding carboxylic acids is 1. The van der Waals surface area contributed by atoms with Crippen molar-refractivity contribution in [2.75, 3.05) is 18.0 Å². The van der Waals surface area contributed by atoms with E-state index in [1.54, 1.807) is 0 Å². The van der Waals surface area contributed by atoms with Crippen LogP contribution in [0.5, 0.6) is 0 Å². The van der Waals surface area contributed by atoms with Crippen LogP contribution < -0.4 is 4.90 Å². The Morgan fingerprint density at radius 1 is 1.30 bits per heavy atom. The van der Waals surface area contributed by atoms with Gasteiger partial charge in [0.2, 0.25) is 0 Å².